The van der Waals surface area contributed by atoms with Gasteiger partial charge in [0.15, 0.2) is 11.6 Å². The Morgan fingerprint density at radius 1 is 0.300 bits per heavy atom. The molecule has 0 fully saturated rings. The van der Waals surface area contributed by atoms with Gasteiger partial charge in [0.2, 0.25) is 26.9 Å². The van der Waals surface area contributed by atoms with Crippen molar-refractivity contribution in [2.24, 2.45) is 0 Å². The van der Waals surface area contributed by atoms with E-state index < -0.39 is 0 Å². The third-order valence-electron chi connectivity index (χ3n) is 22.8. The number of hydrogen-bond acceptors (Lipinski definition) is 18. The molecule has 0 unspecified atom stereocenters. The molecule has 26 heteroatoms. The molecule has 0 aliphatic carbocycles. The number of hydrogen-bond donors (Lipinski definition) is 2. The zero-order valence-electron chi connectivity index (χ0n) is 69.3. The molecule has 0 spiro atoms. The summed E-state index contributed by atoms with van der Waals surface area (Å²) in [4.78, 5) is 46.4. The Hall–Kier alpha value is -13.7. The SMILES string of the molecule is CC(=O)C=C(C)O.CC(=O)C=C(C)O.[Ir].[Ir].[Ir].[Ir].[c-]1c(-c2cnccn2)cc2c3c1Oc1ccccc1B3c1ccccc1O2.[c-]1c(-c2cnccn2)cc2c3c1Oc1ccccc1B3c1ccccc1O2.[c-]1c2c3c(c4ccc5cccnc5c14)Oc1ccccc1B3c1ccccc1O2.[c-]1c2c3c(c4ccc5cccnc5c14)Oc1ccccc1B3c1ccccc1O2. The minimum absolute atomic E-state index is 0. The number of carbonyl (C=O) groups is 2. The van der Waals surface area contributed by atoms with E-state index >= 15 is 0 Å². The maximum absolute atomic E-state index is 10.0. The number of pyridine rings is 2. The number of rotatable bonds is 4. The molecular weight excluding hydrogens is 2340 g/mol. The van der Waals surface area contributed by atoms with Crippen molar-refractivity contribution in [3.8, 4) is 115 Å². The Kier molecular flexibility index (Phi) is 25.5. The fourth-order valence-corrected chi connectivity index (χ4v) is 17.7. The smallest absolute Gasteiger partial charge is 0.208 e. The van der Waals surface area contributed by atoms with Crippen molar-refractivity contribution in [3.63, 3.8) is 0 Å². The van der Waals surface area contributed by atoms with E-state index in [1.54, 1.807) is 37.2 Å². The molecule has 26 rings (SSSR count). The van der Waals surface area contributed by atoms with Gasteiger partial charge in [-0.25, -0.2) is 0 Å². The Morgan fingerprint density at radius 2 is 0.585 bits per heavy atom. The summed E-state index contributed by atoms with van der Waals surface area (Å²) in [5.74, 6) is 12.9. The van der Waals surface area contributed by atoms with Gasteiger partial charge in [0.25, 0.3) is 0 Å². The van der Waals surface area contributed by atoms with E-state index in [2.05, 4.69) is 163 Å². The summed E-state index contributed by atoms with van der Waals surface area (Å²) in [7, 11) is 0. The first-order valence-corrected chi connectivity index (χ1v) is 40.9. The van der Waals surface area contributed by atoms with E-state index in [0.29, 0.717) is 11.5 Å². The third kappa shape index (κ3) is 16.5. The average molecular weight is 2400 g/mol. The number of para-hydroxylation sites is 8. The van der Waals surface area contributed by atoms with Gasteiger partial charge >= 0.3 is 0 Å². The zero-order chi connectivity index (χ0) is 85.2. The maximum Gasteiger partial charge on any atom is 0.208 e. The van der Waals surface area contributed by atoms with Crippen LogP contribution < -0.4 is 103 Å². The van der Waals surface area contributed by atoms with Gasteiger partial charge in [-0.1, -0.05) is 239 Å². The van der Waals surface area contributed by atoms with Crippen molar-refractivity contribution in [2.45, 2.75) is 27.7 Å². The summed E-state index contributed by atoms with van der Waals surface area (Å²) in [5, 5.41) is 22.8. The molecule has 12 heterocycles. The number of ether oxygens (including phenoxy) is 8. The first-order chi connectivity index (χ1) is 61.8. The van der Waals surface area contributed by atoms with Gasteiger partial charge in [0.1, 0.15) is 46.0 Å². The molecule has 2 N–H and O–H groups in total. The number of nitrogens with zero attached hydrogens (tertiary/aromatic N) is 6. The Morgan fingerprint density at radius 3 is 0.869 bits per heavy atom. The van der Waals surface area contributed by atoms with E-state index in [1.807, 2.05) is 158 Å². The molecular formula is C104H66B4Ir4N6O12-4. The van der Waals surface area contributed by atoms with Gasteiger partial charge in [0, 0.05) is 188 Å². The van der Waals surface area contributed by atoms with Crippen molar-refractivity contribution in [3.05, 3.63) is 352 Å². The number of fused-ring (bicyclic) bond motifs is 24. The van der Waals surface area contributed by atoms with Crippen LogP contribution in [0.15, 0.2) is 328 Å². The van der Waals surface area contributed by atoms with Crippen LogP contribution in [-0.4, -0.2) is 78.5 Å². The van der Waals surface area contributed by atoms with Crippen molar-refractivity contribution >= 4 is 147 Å². The van der Waals surface area contributed by atoms with Crippen molar-refractivity contribution in [1.29, 1.82) is 0 Å². The van der Waals surface area contributed by atoms with Crippen LogP contribution in [0, 0.1) is 24.3 Å². The zero-order valence-corrected chi connectivity index (χ0v) is 78.9. The third-order valence-corrected chi connectivity index (χ3v) is 22.8. The Labute approximate surface area is 802 Å². The summed E-state index contributed by atoms with van der Waals surface area (Å²) >= 11 is 0. The number of aliphatic hydroxyl groups is 2. The normalized spacial score (nSPS) is 12.6. The molecule has 0 saturated heterocycles. The van der Waals surface area contributed by atoms with Crippen molar-refractivity contribution in [1.82, 2.24) is 29.9 Å². The summed E-state index contributed by atoms with van der Waals surface area (Å²) in [6, 6.07) is 99.8. The van der Waals surface area contributed by atoms with Crippen LogP contribution in [0.3, 0.4) is 0 Å². The second-order valence-corrected chi connectivity index (χ2v) is 30.9. The quantitative estimate of drug-likeness (QED) is 0.0549. The number of ketones is 2. The number of carbonyl (C=O) groups excluding carboxylic acids is 2. The molecule has 0 atom stereocenters. The number of allylic oxidation sites excluding steroid dienone is 4. The Bertz CT molecular complexity index is 6980. The largest absolute Gasteiger partial charge is 0.512 e. The first kappa shape index (κ1) is 88.3. The summed E-state index contributed by atoms with van der Waals surface area (Å²) in [6.45, 7) is 5.96. The van der Waals surface area contributed by atoms with Gasteiger partial charge in [-0.15, -0.1) is 34.0 Å². The molecule has 18 aromatic rings. The molecule has 4 aromatic heterocycles. The molecule has 14 aromatic carbocycles. The van der Waals surface area contributed by atoms with E-state index in [1.165, 1.54) is 39.8 Å². The van der Waals surface area contributed by atoms with E-state index in [0.717, 1.165) is 212 Å². The van der Waals surface area contributed by atoms with E-state index in [9.17, 15) is 9.59 Å². The number of aliphatic hydroxyl groups excluding tert-OH is 2. The van der Waals surface area contributed by atoms with Crippen molar-refractivity contribution < 1.29 is 138 Å². The number of aromatic nitrogens is 6. The molecule has 636 valence electrons. The van der Waals surface area contributed by atoms with Crippen LogP contribution in [-0.2, 0) is 90.0 Å². The molecule has 0 bridgehead atoms. The topological polar surface area (TPSA) is 226 Å². The molecule has 0 amide bonds. The van der Waals surface area contributed by atoms with Gasteiger partial charge in [-0.3, -0.25) is 19.6 Å². The van der Waals surface area contributed by atoms with E-state index in [-0.39, 0.29) is 130 Å². The van der Waals surface area contributed by atoms with Gasteiger partial charge < -0.3 is 68.0 Å². The fourth-order valence-electron chi connectivity index (χ4n) is 17.7. The predicted molar refractivity (Wildman–Crippen MR) is 494 cm³/mol. The molecule has 18 nitrogen and oxygen atoms in total. The fraction of sp³-hybridized carbons (Fsp3) is 0.0385. The average Bonchev–Trinajstić information content (AvgIpc) is 0.700. The number of benzene rings is 14. The van der Waals surface area contributed by atoms with Crippen LogP contribution in [0.2, 0.25) is 0 Å². The molecule has 8 aliphatic heterocycles. The minimum atomic E-state index is -0.125. The molecule has 130 heavy (non-hydrogen) atoms. The molecule has 0 saturated carbocycles. The van der Waals surface area contributed by atoms with Crippen LogP contribution >= 0.6 is 0 Å². The molecule has 8 aliphatic rings. The minimum Gasteiger partial charge on any atom is -0.512 e. The maximum atomic E-state index is 10.0. The van der Waals surface area contributed by atoms with Crippen molar-refractivity contribution in [2.75, 3.05) is 0 Å². The van der Waals surface area contributed by atoms with E-state index in [4.69, 9.17) is 48.1 Å². The predicted octanol–water partition coefficient (Wildman–Crippen LogP) is 15.2. The second-order valence-electron chi connectivity index (χ2n) is 30.9. The Balaban J connectivity index is 0.000000115. The van der Waals surface area contributed by atoms with Crippen LogP contribution in [0.1, 0.15) is 27.7 Å². The van der Waals surface area contributed by atoms with Gasteiger partial charge in [-0.2, -0.15) is 0 Å². The van der Waals surface area contributed by atoms with Crippen LogP contribution in [0.25, 0.3) is 65.9 Å². The summed E-state index contributed by atoms with van der Waals surface area (Å²) < 4.78 is 50.6. The van der Waals surface area contributed by atoms with Gasteiger partial charge in [-0.05, 0) is 154 Å². The van der Waals surface area contributed by atoms with Crippen LogP contribution in [0.5, 0.6) is 92.0 Å². The monoisotopic (exact) mass is 2410 g/mol. The standard InChI is InChI=1S/2C25H13BNO2.2C22H12BN2O2.2C5H8O2.4Ir/c2*1-3-9-20-18(7-1)26-19-8-2-4-10-21(19)29-25-16-12-11-15-6-5-13-27-24(15)17(16)14-22(28-20)23(25)26;2*1-3-7-18-15(5-1)23-16-6-2-4-8-19(16)27-21-12-14(11-20(26-18)22(21)23)17-13-24-9-10-25-17;2*1-4(6)3-5(2)7;;;;/h2*1-13H;2*1-11,13H;2*3,6H,1-2H3;;;;/q4*-1;;;;;;. The second kappa shape index (κ2) is 37.5. The van der Waals surface area contributed by atoms with Crippen LogP contribution in [0.4, 0.5) is 0 Å². The first-order valence-electron chi connectivity index (χ1n) is 40.9. The summed E-state index contributed by atoms with van der Waals surface area (Å²) in [6.07, 6.45) is 16.0. The molecule has 4 radical (unpaired) electrons. The summed E-state index contributed by atoms with van der Waals surface area (Å²) in [5.41, 5.74) is 18.2. The van der Waals surface area contributed by atoms with Gasteiger partial charge in [0.05, 0.1) is 23.0 Å².